The van der Waals surface area contributed by atoms with Crippen LogP contribution in [0.25, 0.3) is 10.8 Å². The van der Waals surface area contributed by atoms with Gasteiger partial charge in [-0.3, -0.25) is 4.90 Å². The molecule has 0 aromatic heterocycles. The van der Waals surface area contributed by atoms with Crippen molar-refractivity contribution in [2.24, 2.45) is 0 Å². The summed E-state index contributed by atoms with van der Waals surface area (Å²) in [5.74, 6) is 0. The normalized spacial score (nSPS) is 20.8. The maximum Gasteiger partial charge on any atom is 0.127 e. The smallest absolute Gasteiger partial charge is 0.127 e. The summed E-state index contributed by atoms with van der Waals surface area (Å²) in [6, 6.07) is 24.4. The van der Waals surface area contributed by atoms with E-state index in [4.69, 9.17) is 0 Å². The van der Waals surface area contributed by atoms with Gasteiger partial charge < -0.3 is 5.32 Å². The number of likely N-dealkylation sites (tertiary alicyclic amines) is 1. The van der Waals surface area contributed by atoms with E-state index in [-0.39, 0.29) is 0 Å². The first-order chi connectivity index (χ1) is 13.7. The lowest BCUT2D eigenvalue weighted by molar-refractivity contribution is 0.144. The minimum atomic E-state index is -0.491. The molecule has 3 aromatic rings. The van der Waals surface area contributed by atoms with Gasteiger partial charge in [0.05, 0.1) is 6.07 Å². The van der Waals surface area contributed by atoms with E-state index in [0.717, 1.165) is 42.5 Å². The molecule has 0 saturated carbocycles. The van der Waals surface area contributed by atoms with Gasteiger partial charge in [0, 0.05) is 29.3 Å². The Morgan fingerprint density at radius 3 is 2.54 bits per heavy atom. The maximum absolute atomic E-state index is 9.95. The number of hydrogen-bond donors (Lipinski definition) is 1. The zero-order chi connectivity index (χ0) is 19.1. The van der Waals surface area contributed by atoms with E-state index >= 15 is 0 Å². The Labute approximate surface area is 174 Å². The summed E-state index contributed by atoms with van der Waals surface area (Å²) in [6.07, 6.45) is 2.74. The lowest BCUT2D eigenvalue weighted by Crippen LogP contribution is -2.49. The maximum atomic E-state index is 9.95. The largest absolute Gasteiger partial charge is 0.367 e. The zero-order valence-electron chi connectivity index (χ0n) is 15.7. The van der Waals surface area contributed by atoms with Crippen LogP contribution in [0, 0.1) is 11.3 Å². The predicted octanol–water partition coefficient (Wildman–Crippen LogP) is 5.67. The number of anilines is 1. The minimum Gasteiger partial charge on any atom is -0.367 e. The van der Waals surface area contributed by atoms with Gasteiger partial charge in [-0.05, 0) is 59.4 Å². The molecule has 0 radical (unpaired) electrons. The number of hydrogen-bond acceptors (Lipinski definition) is 3. The van der Waals surface area contributed by atoms with Gasteiger partial charge >= 0.3 is 0 Å². The third kappa shape index (κ3) is 2.99. The summed E-state index contributed by atoms with van der Waals surface area (Å²) in [7, 11) is 0. The Morgan fingerprint density at radius 2 is 1.79 bits per heavy atom. The van der Waals surface area contributed by atoms with E-state index in [0.29, 0.717) is 6.04 Å². The molecule has 0 amide bonds. The average Bonchev–Trinajstić information content (AvgIpc) is 3.10. The van der Waals surface area contributed by atoms with Crippen molar-refractivity contribution >= 4 is 32.4 Å². The Hall–Kier alpha value is -2.35. The molecule has 1 N–H and O–H groups in total. The number of nitriles is 1. The van der Waals surface area contributed by atoms with Crippen LogP contribution in [0.5, 0.6) is 0 Å². The molecule has 0 spiro atoms. The van der Waals surface area contributed by atoms with Crippen LogP contribution in [0.3, 0.4) is 0 Å². The molecular weight excluding hydrogens is 410 g/mol. The fraction of sp³-hybridized carbons (Fsp3) is 0.292. The third-order valence-corrected chi connectivity index (χ3v) is 6.80. The molecule has 1 heterocycles. The van der Waals surface area contributed by atoms with Gasteiger partial charge in [-0.15, -0.1) is 0 Å². The van der Waals surface area contributed by atoms with Crippen molar-refractivity contribution in [3.05, 3.63) is 76.3 Å². The molecule has 2 aliphatic rings. The highest BCUT2D eigenvalue weighted by Gasteiger charge is 2.38. The molecule has 140 valence electrons. The Morgan fingerprint density at radius 1 is 1.04 bits per heavy atom. The van der Waals surface area contributed by atoms with Crippen molar-refractivity contribution in [3.8, 4) is 6.07 Å². The van der Waals surface area contributed by atoms with E-state index in [1.165, 1.54) is 21.9 Å². The second-order valence-corrected chi connectivity index (χ2v) is 8.86. The second kappa shape index (κ2) is 6.92. The van der Waals surface area contributed by atoms with Crippen molar-refractivity contribution in [2.75, 3.05) is 18.4 Å². The number of halogens is 1. The van der Waals surface area contributed by atoms with Gasteiger partial charge in [0.25, 0.3) is 0 Å². The second-order valence-electron chi connectivity index (χ2n) is 7.95. The van der Waals surface area contributed by atoms with Crippen LogP contribution in [0.4, 0.5) is 5.69 Å². The summed E-state index contributed by atoms with van der Waals surface area (Å²) in [6.45, 7) is 1.87. The molecule has 3 aromatic carbocycles. The third-order valence-electron chi connectivity index (χ3n) is 6.31. The highest BCUT2D eigenvalue weighted by atomic mass is 79.9. The fourth-order valence-corrected chi connectivity index (χ4v) is 5.27. The van der Waals surface area contributed by atoms with Gasteiger partial charge in [-0.1, -0.05) is 58.4 Å². The highest BCUT2D eigenvalue weighted by Crippen LogP contribution is 2.42. The molecule has 1 atom stereocenters. The number of nitrogens with zero attached hydrogens (tertiary/aromatic N) is 2. The highest BCUT2D eigenvalue weighted by molar-refractivity contribution is 9.10. The van der Waals surface area contributed by atoms with Crippen LogP contribution < -0.4 is 5.32 Å². The molecule has 1 aliphatic carbocycles. The van der Waals surface area contributed by atoms with Crippen LogP contribution in [0.2, 0.25) is 0 Å². The van der Waals surface area contributed by atoms with Crippen LogP contribution in [-0.4, -0.2) is 23.5 Å². The summed E-state index contributed by atoms with van der Waals surface area (Å²) >= 11 is 3.52. The van der Waals surface area contributed by atoms with Crippen molar-refractivity contribution in [3.63, 3.8) is 0 Å². The van der Waals surface area contributed by atoms with Gasteiger partial charge in [-0.2, -0.15) is 5.26 Å². The van der Waals surface area contributed by atoms with Gasteiger partial charge in [-0.25, -0.2) is 0 Å². The van der Waals surface area contributed by atoms with Crippen LogP contribution in [0.15, 0.2) is 65.1 Å². The molecule has 1 unspecified atom stereocenters. The van der Waals surface area contributed by atoms with Gasteiger partial charge in [0.15, 0.2) is 0 Å². The molecule has 5 rings (SSSR count). The molecule has 0 bridgehead atoms. The van der Waals surface area contributed by atoms with Crippen molar-refractivity contribution in [1.29, 1.82) is 5.26 Å². The summed E-state index contributed by atoms with van der Waals surface area (Å²) in [5.41, 5.74) is 3.43. The van der Waals surface area contributed by atoms with E-state index in [1.807, 2.05) is 24.3 Å². The van der Waals surface area contributed by atoms with Gasteiger partial charge in [0.2, 0.25) is 0 Å². The number of piperidine rings is 1. The van der Waals surface area contributed by atoms with Crippen molar-refractivity contribution in [1.82, 2.24) is 4.90 Å². The standard InChI is InChI=1S/C24H22BrN3/c25-19-7-3-8-20(15-19)27-24(16-26)10-12-28(13-11-24)22-14-18-6-1-4-17-5-2-9-21(22)23(17)18/h1-9,15,22,27H,10-14H2. The lowest BCUT2D eigenvalue weighted by atomic mass is 9.87. The Bertz CT molecular complexity index is 1070. The Kier molecular flexibility index (Phi) is 4.38. The van der Waals surface area contributed by atoms with Crippen molar-refractivity contribution in [2.45, 2.75) is 30.8 Å². The first kappa shape index (κ1) is 17.7. The number of rotatable bonds is 3. The zero-order valence-corrected chi connectivity index (χ0v) is 17.2. The summed E-state index contributed by atoms with van der Waals surface area (Å²) in [4.78, 5) is 2.58. The lowest BCUT2D eigenvalue weighted by Gasteiger charge is -2.41. The first-order valence-electron chi connectivity index (χ1n) is 9.87. The van der Waals surface area contributed by atoms with Crippen LogP contribution in [-0.2, 0) is 6.42 Å². The molecule has 1 saturated heterocycles. The number of benzene rings is 3. The van der Waals surface area contributed by atoms with Crippen LogP contribution >= 0.6 is 15.9 Å². The molecule has 3 nitrogen and oxygen atoms in total. The molecule has 4 heteroatoms. The van der Waals surface area contributed by atoms with E-state index in [9.17, 15) is 5.26 Å². The fourth-order valence-electron chi connectivity index (χ4n) is 4.87. The molecular formula is C24H22BrN3. The van der Waals surface area contributed by atoms with Crippen molar-refractivity contribution < 1.29 is 0 Å². The van der Waals surface area contributed by atoms with E-state index < -0.39 is 5.54 Å². The predicted molar refractivity (Wildman–Crippen MR) is 117 cm³/mol. The quantitative estimate of drug-likeness (QED) is 0.580. The average molecular weight is 432 g/mol. The minimum absolute atomic E-state index is 0.434. The monoisotopic (exact) mass is 431 g/mol. The molecule has 1 fully saturated rings. The van der Waals surface area contributed by atoms with E-state index in [2.05, 4.69) is 68.6 Å². The van der Waals surface area contributed by atoms with Gasteiger partial charge in [0.1, 0.15) is 5.54 Å². The molecule has 28 heavy (non-hydrogen) atoms. The van der Waals surface area contributed by atoms with E-state index in [1.54, 1.807) is 0 Å². The summed E-state index contributed by atoms with van der Waals surface area (Å²) in [5, 5.41) is 16.2. The Balaban J connectivity index is 1.35. The van der Waals surface area contributed by atoms with Crippen LogP contribution in [0.1, 0.15) is 30.0 Å². The number of nitrogens with one attached hydrogen (secondary N) is 1. The molecule has 1 aliphatic heterocycles. The summed E-state index contributed by atoms with van der Waals surface area (Å²) < 4.78 is 1.03. The topological polar surface area (TPSA) is 39.1 Å². The first-order valence-corrected chi connectivity index (χ1v) is 10.7. The SMILES string of the molecule is N#CC1(Nc2cccc(Br)c2)CCN(C2Cc3cccc4cccc2c34)CC1.